The molecule has 130 valence electrons. The molecule has 4 aromatic carbocycles. The molecule has 0 aliphatic carbocycles. The first-order valence-electron chi connectivity index (χ1n) is 8.78. The van der Waals surface area contributed by atoms with Gasteiger partial charge in [-0.15, -0.1) is 0 Å². The van der Waals surface area contributed by atoms with Gasteiger partial charge in [0.2, 0.25) is 0 Å². The lowest BCUT2D eigenvalue weighted by molar-refractivity contribution is 0.479. The maximum absolute atomic E-state index is 10.8. The lowest BCUT2D eigenvalue weighted by Crippen LogP contribution is -2.20. The lowest BCUT2D eigenvalue weighted by atomic mass is 10.1. The molecular formula is C23H21O2P. The largest absolute Gasteiger partial charge is 0.507 e. The summed E-state index contributed by atoms with van der Waals surface area (Å²) in [6.07, 6.45) is 0. The highest BCUT2D eigenvalue weighted by atomic mass is 31.1. The fourth-order valence-electron chi connectivity index (χ4n) is 3.62. The minimum atomic E-state index is -0.951. The molecule has 2 N–H and O–H groups in total. The summed E-state index contributed by atoms with van der Waals surface area (Å²) in [6, 6.07) is 23.7. The van der Waals surface area contributed by atoms with Gasteiger partial charge in [0.1, 0.15) is 11.5 Å². The molecule has 0 bridgehead atoms. The predicted molar refractivity (Wildman–Crippen MR) is 113 cm³/mol. The minimum absolute atomic E-state index is 0.262. The Morgan fingerprint density at radius 3 is 1.46 bits per heavy atom. The molecule has 0 spiro atoms. The molecule has 0 saturated heterocycles. The van der Waals surface area contributed by atoms with Gasteiger partial charge in [0, 0.05) is 10.6 Å². The van der Waals surface area contributed by atoms with Crippen LogP contribution in [-0.4, -0.2) is 15.9 Å². The number of fused-ring (bicyclic) bond motifs is 2. The van der Waals surface area contributed by atoms with E-state index in [0.29, 0.717) is 11.5 Å². The average molecular weight is 360 g/mol. The van der Waals surface area contributed by atoms with Gasteiger partial charge in [-0.2, -0.15) is 0 Å². The number of phenolic OH excluding ortho intramolecular Hbond substituents is 2. The summed E-state index contributed by atoms with van der Waals surface area (Å²) in [4.78, 5) is 0. The van der Waals surface area contributed by atoms with E-state index in [9.17, 15) is 10.2 Å². The van der Waals surface area contributed by atoms with Crippen LogP contribution < -0.4 is 10.6 Å². The molecule has 0 fully saturated rings. The van der Waals surface area contributed by atoms with Crippen molar-refractivity contribution >= 4 is 40.1 Å². The van der Waals surface area contributed by atoms with Gasteiger partial charge in [-0.25, -0.2) is 0 Å². The number of hydrogen-bond acceptors (Lipinski definition) is 2. The van der Waals surface area contributed by atoms with Gasteiger partial charge in [0.25, 0.3) is 0 Å². The van der Waals surface area contributed by atoms with E-state index in [-0.39, 0.29) is 5.66 Å². The van der Waals surface area contributed by atoms with Gasteiger partial charge >= 0.3 is 0 Å². The summed E-state index contributed by atoms with van der Waals surface area (Å²) in [7, 11) is -0.951. The van der Waals surface area contributed by atoms with Gasteiger partial charge in [0.15, 0.2) is 0 Å². The third kappa shape index (κ3) is 2.71. The molecule has 4 aromatic rings. The second-order valence-electron chi connectivity index (χ2n) is 6.77. The van der Waals surface area contributed by atoms with Gasteiger partial charge in [-0.3, -0.25) is 0 Å². The Balaban J connectivity index is 2.09. The molecule has 2 nitrogen and oxygen atoms in total. The van der Waals surface area contributed by atoms with E-state index in [1.807, 2.05) is 36.4 Å². The van der Waals surface area contributed by atoms with Crippen molar-refractivity contribution in [1.29, 1.82) is 0 Å². The summed E-state index contributed by atoms with van der Waals surface area (Å²) in [6.45, 7) is 4.32. The fraction of sp³-hybridized carbons (Fsp3) is 0.130. The average Bonchev–Trinajstić information content (AvgIpc) is 2.65. The molecule has 3 heteroatoms. The third-order valence-corrected chi connectivity index (χ3v) is 7.69. The van der Waals surface area contributed by atoms with Crippen LogP contribution in [0.25, 0.3) is 21.5 Å². The first-order chi connectivity index (χ1) is 12.6. The molecule has 0 amide bonds. The van der Waals surface area contributed by atoms with Crippen molar-refractivity contribution in [3.05, 3.63) is 72.8 Å². The van der Waals surface area contributed by atoms with Crippen LogP contribution in [0, 0.1) is 0 Å². The smallest absolute Gasteiger partial charge is 0.124 e. The van der Waals surface area contributed by atoms with Crippen molar-refractivity contribution in [3.63, 3.8) is 0 Å². The number of benzene rings is 4. The maximum atomic E-state index is 10.8. The molecule has 0 heterocycles. The molecule has 0 radical (unpaired) electrons. The van der Waals surface area contributed by atoms with Gasteiger partial charge < -0.3 is 10.2 Å². The van der Waals surface area contributed by atoms with E-state index in [4.69, 9.17) is 0 Å². The van der Waals surface area contributed by atoms with Crippen molar-refractivity contribution in [2.75, 3.05) is 0 Å². The normalized spacial score (nSPS) is 11.7. The van der Waals surface area contributed by atoms with E-state index in [1.54, 1.807) is 12.1 Å². The first-order valence-corrected chi connectivity index (χ1v) is 10.2. The van der Waals surface area contributed by atoms with E-state index in [2.05, 4.69) is 38.1 Å². The molecule has 0 aromatic heterocycles. The van der Waals surface area contributed by atoms with Crippen LogP contribution in [0.1, 0.15) is 13.8 Å². The van der Waals surface area contributed by atoms with E-state index in [0.717, 1.165) is 32.2 Å². The molecule has 0 unspecified atom stereocenters. The second kappa shape index (κ2) is 6.63. The summed E-state index contributed by atoms with van der Waals surface area (Å²) < 4.78 is 0. The lowest BCUT2D eigenvalue weighted by Gasteiger charge is -2.27. The third-order valence-electron chi connectivity index (χ3n) is 4.76. The highest BCUT2D eigenvalue weighted by Gasteiger charge is 2.27. The molecule has 26 heavy (non-hydrogen) atoms. The van der Waals surface area contributed by atoms with E-state index in [1.165, 1.54) is 0 Å². The predicted octanol–water partition coefficient (Wildman–Crippen LogP) is 5.25. The molecule has 0 aliphatic rings. The zero-order chi connectivity index (χ0) is 18.3. The Hall–Kier alpha value is -2.57. The maximum Gasteiger partial charge on any atom is 0.124 e. The molecule has 4 rings (SSSR count). The topological polar surface area (TPSA) is 40.5 Å². The number of aromatic hydroxyl groups is 2. The SMILES string of the molecule is CC(C)P(c1c(O)ccc2ccccc12)c1c(O)ccc2ccccc12. The molecule has 0 atom stereocenters. The highest BCUT2D eigenvalue weighted by Crippen LogP contribution is 2.47. The van der Waals surface area contributed by atoms with E-state index < -0.39 is 7.92 Å². The van der Waals surface area contributed by atoms with Crippen molar-refractivity contribution in [1.82, 2.24) is 0 Å². The second-order valence-corrected chi connectivity index (χ2v) is 9.44. The van der Waals surface area contributed by atoms with E-state index >= 15 is 0 Å². The van der Waals surface area contributed by atoms with Gasteiger partial charge in [-0.1, -0.05) is 74.5 Å². The zero-order valence-electron chi connectivity index (χ0n) is 14.8. The Morgan fingerprint density at radius 1 is 0.615 bits per heavy atom. The number of phenols is 2. The van der Waals surface area contributed by atoms with Crippen LogP contribution in [0.3, 0.4) is 0 Å². The molecule has 0 saturated carbocycles. The van der Waals surface area contributed by atoms with Crippen LogP contribution in [0.4, 0.5) is 0 Å². The number of rotatable bonds is 3. The Kier molecular flexibility index (Phi) is 4.30. The summed E-state index contributed by atoms with van der Waals surface area (Å²) in [5.41, 5.74) is 0.262. The van der Waals surface area contributed by atoms with Crippen molar-refractivity contribution in [2.45, 2.75) is 19.5 Å². The van der Waals surface area contributed by atoms with Crippen molar-refractivity contribution in [3.8, 4) is 11.5 Å². The molecular weight excluding hydrogens is 339 g/mol. The van der Waals surface area contributed by atoms with Crippen molar-refractivity contribution in [2.24, 2.45) is 0 Å². The number of hydrogen-bond donors (Lipinski definition) is 2. The summed E-state index contributed by atoms with van der Waals surface area (Å²) in [5, 5.41) is 27.8. The van der Waals surface area contributed by atoms with Gasteiger partial charge in [-0.05, 0) is 47.3 Å². The van der Waals surface area contributed by atoms with Crippen LogP contribution in [0.15, 0.2) is 72.8 Å². The van der Waals surface area contributed by atoms with Crippen LogP contribution in [0.2, 0.25) is 0 Å². The van der Waals surface area contributed by atoms with Crippen LogP contribution >= 0.6 is 7.92 Å². The van der Waals surface area contributed by atoms with Crippen molar-refractivity contribution < 1.29 is 10.2 Å². The Morgan fingerprint density at radius 2 is 1.04 bits per heavy atom. The van der Waals surface area contributed by atoms with Crippen LogP contribution in [0.5, 0.6) is 11.5 Å². The monoisotopic (exact) mass is 360 g/mol. The fourth-order valence-corrected chi connectivity index (χ4v) is 6.45. The standard InChI is InChI=1S/C23H21O2P/c1-15(2)26(22-18-9-5-3-7-16(18)11-13-20(22)24)23-19-10-6-4-8-17(19)12-14-21(23)25/h3-15,24-25H,1-2H3. The molecule has 0 aliphatic heterocycles. The summed E-state index contributed by atoms with van der Waals surface area (Å²) in [5.74, 6) is 0.603. The van der Waals surface area contributed by atoms with Gasteiger partial charge in [0.05, 0.1) is 0 Å². The van der Waals surface area contributed by atoms with Crippen LogP contribution in [-0.2, 0) is 0 Å². The Labute approximate surface area is 154 Å². The first kappa shape index (κ1) is 16.9. The minimum Gasteiger partial charge on any atom is -0.507 e. The Bertz CT molecular complexity index is 1020. The highest BCUT2D eigenvalue weighted by molar-refractivity contribution is 7.74. The quantitative estimate of drug-likeness (QED) is 0.490. The summed E-state index contributed by atoms with van der Waals surface area (Å²) >= 11 is 0. The zero-order valence-corrected chi connectivity index (χ0v) is 15.7.